The van der Waals surface area contributed by atoms with Gasteiger partial charge >= 0.3 is 0 Å². The second-order valence-electron chi connectivity index (χ2n) is 7.75. The predicted molar refractivity (Wildman–Crippen MR) is 120 cm³/mol. The topological polar surface area (TPSA) is 61.1 Å². The van der Waals surface area contributed by atoms with E-state index in [4.69, 9.17) is 4.74 Å². The van der Waals surface area contributed by atoms with Crippen LogP contribution in [0.2, 0.25) is 0 Å². The smallest absolute Gasteiger partial charge is 0.268 e. The number of rotatable bonds is 8. The molecule has 0 spiro atoms. The number of ether oxygens (including phenoxy) is 1. The number of carbonyl (C=O) groups excluding carboxylic acids is 1. The van der Waals surface area contributed by atoms with Crippen molar-refractivity contribution in [2.24, 2.45) is 0 Å². The van der Waals surface area contributed by atoms with Crippen molar-refractivity contribution in [1.29, 1.82) is 0 Å². The van der Waals surface area contributed by atoms with E-state index in [1.807, 2.05) is 18.2 Å². The Kier molecular flexibility index (Phi) is 5.86. The molecule has 3 aromatic heterocycles. The highest BCUT2D eigenvalue weighted by molar-refractivity contribution is 6.10. The van der Waals surface area contributed by atoms with E-state index in [-0.39, 0.29) is 11.9 Å². The van der Waals surface area contributed by atoms with Crippen molar-refractivity contribution in [2.75, 3.05) is 20.3 Å². The molecule has 6 nitrogen and oxygen atoms in total. The van der Waals surface area contributed by atoms with Gasteiger partial charge in [0, 0.05) is 44.0 Å². The van der Waals surface area contributed by atoms with Crippen LogP contribution < -0.4 is 5.32 Å². The van der Waals surface area contributed by atoms with E-state index in [0.717, 1.165) is 28.4 Å². The van der Waals surface area contributed by atoms with Gasteiger partial charge in [0.05, 0.1) is 23.2 Å². The summed E-state index contributed by atoms with van der Waals surface area (Å²) in [5.74, 6) is -0.0595. The maximum atomic E-state index is 13.1. The number of nitrogens with zero attached hydrogens (tertiary/aromatic N) is 3. The van der Waals surface area contributed by atoms with Gasteiger partial charge in [0.1, 0.15) is 5.69 Å². The van der Waals surface area contributed by atoms with Crippen molar-refractivity contribution in [1.82, 2.24) is 19.4 Å². The third-order valence-electron chi connectivity index (χ3n) is 5.47. The lowest BCUT2D eigenvalue weighted by Gasteiger charge is -2.11. The number of para-hydroxylation sites is 1. The maximum absolute atomic E-state index is 13.1. The van der Waals surface area contributed by atoms with Crippen molar-refractivity contribution in [2.45, 2.75) is 32.9 Å². The summed E-state index contributed by atoms with van der Waals surface area (Å²) in [5, 5.41) is 4.24. The number of benzene rings is 1. The molecule has 0 atom stereocenters. The van der Waals surface area contributed by atoms with E-state index in [0.29, 0.717) is 25.4 Å². The van der Waals surface area contributed by atoms with Crippen LogP contribution in [-0.2, 0) is 17.7 Å². The minimum Gasteiger partial charge on any atom is -0.383 e. The molecular formula is C24H28N4O2. The maximum Gasteiger partial charge on any atom is 0.268 e. The highest BCUT2D eigenvalue weighted by atomic mass is 16.5. The van der Waals surface area contributed by atoms with Gasteiger partial charge in [-0.25, -0.2) is 0 Å². The minimum absolute atomic E-state index is 0.0595. The number of carbonyl (C=O) groups is 1. The van der Waals surface area contributed by atoms with Crippen molar-refractivity contribution in [3.63, 3.8) is 0 Å². The number of hydrogen-bond acceptors (Lipinski definition) is 3. The molecule has 0 aliphatic rings. The third-order valence-corrected chi connectivity index (χ3v) is 5.47. The molecule has 0 unspecified atom stereocenters. The molecule has 0 fully saturated rings. The van der Waals surface area contributed by atoms with Crippen molar-refractivity contribution in [3.8, 4) is 0 Å². The van der Waals surface area contributed by atoms with Gasteiger partial charge in [0.2, 0.25) is 0 Å². The van der Waals surface area contributed by atoms with E-state index in [1.54, 1.807) is 19.5 Å². The zero-order valence-electron chi connectivity index (χ0n) is 17.8. The molecule has 0 radical (unpaired) electrons. The SMILES string of the molecule is COCCn1c(C(=O)NCCc2ccncc2)cc2c1c1ccccc1n2C(C)C. The van der Waals surface area contributed by atoms with Gasteiger partial charge in [-0.2, -0.15) is 0 Å². The summed E-state index contributed by atoms with van der Waals surface area (Å²) in [5.41, 5.74) is 5.19. The Morgan fingerprint density at radius 3 is 2.63 bits per heavy atom. The summed E-state index contributed by atoms with van der Waals surface area (Å²) in [6.07, 6.45) is 4.32. The molecule has 1 N–H and O–H groups in total. The monoisotopic (exact) mass is 404 g/mol. The van der Waals surface area contributed by atoms with Crippen LogP contribution >= 0.6 is 0 Å². The molecule has 3 heterocycles. The van der Waals surface area contributed by atoms with E-state index in [1.165, 1.54) is 5.52 Å². The highest BCUT2D eigenvalue weighted by Crippen LogP contribution is 2.34. The fraction of sp³-hybridized carbons (Fsp3) is 0.333. The molecule has 30 heavy (non-hydrogen) atoms. The first-order valence-corrected chi connectivity index (χ1v) is 10.4. The number of methoxy groups -OCH3 is 1. The van der Waals surface area contributed by atoms with Crippen LogP contribution in [0.15, 0.2) is 54.9 Å². The molecule has 1 aromatic carbocycles. The standard InChI is InChI=1S/C24H28N4O2/c1-17(2)28-20-7-5-4-6-19(20)23-21(28)16-22(27(23)14-15-30-3)24(29)26-13-10-18-8-11-25-12-9-18/h4-9,11-12,16-17H,10,13-15H2,1-3H3,(H,26,29). The van der Waals surface area contributed by atoms with Crippen molar-refractivity contribution < 1.29 is 9.53 Å². The number of aromatic nitrogens is 3. The molecule has 4 rings (SSSR count). The quantitative estimate of drug-likeness (QED) is 0.479. The van der Waals surface area contributed by atoms with Gasteiger partial charge < -0.3 is 19.2 Å². The summed E-state index contributed by atoms with van der Waals surface area (Å²) in [6.45, 7) is 6.09. The highest BCUT2D eigenvalue weighted by Gasteiger charge is 2.22. The van der Waals surface area contributed by atoms with E-state index < -0.39 is 0 Å². The van der Waals surface area contributed by atoms with Crippen LogP contribution in [0.25, 0.3) is 21.9 Å². The summed E-state index contributed by atoms with van der Waals surface area (Å²) in [7, 11) is 1.69. The molecule has 0 aliphatic carbocycles. The molecule has 6 heteroatoms. The molecule has 0 saturated heterocycles. The van der Waals surface area contributed by atoms with E-state index >= 15 is 0 Å². The average Bonchev–Trinajstić information content (AvgIpc) is 3.27. The van der Waals surface area contributed by atoms with Gasteiger partial charge in [-0.3, -0.25) is 9.78 Å². The Balaban J connectivity index is 1.71. The van der Waals surface area contributed by atoms with Crippen molar-refractivity contribution in [3.05, 3.63) is 66.1 Å². The van der Waals surface area contributed by atoms with Gasteiger partial charge in [-0.15, -0.1) is 0 Å². The number of fused-ring (bicyclic) bond motifs is 3. The molecule has 156 valence electrons. The van der Waals surface area contributed by atoms with Gasteiger partial charge in [0.15, 0.2) is 0 Å². The normalized spacial score (nSPS) is 11.6. The van der Waals surface area contributed by atoms with Gasteiger partial charge in [-0.05, 0) is 50.1 Å². The van der Waals surface area contributed by atoms with E-state index in [2.05, 4.69) is 57.5 Å². The lowest BCUT2D eigenvalue weighted by atomic mass is 10.2. The van der Waals surface area contributed by atoms with Gasteiger partial charge in [0.25, 0.3) is 5.91 Å². The zero-order chi connectivity index (χ0) is 21.1. The van der Waals surface area contributed by atoms with Crippen LogP contribution in [0.3, 0.4) is 0 Å². The molecular weight excluding hydrogens is 376 g/mol. The van der Waals surface area contributed by atoms with Gasteiger partial charge in [-0.1, -0.05) is 18.2 Å². The second kappa shape index (κ2) is 8.71. The largest absolute Gasteiger partial charge is 0.383 e. The first-order chi connectivity index (χ1) is 14.6. The zero-order valence-corrected chi connectivity index (χ0v) is 17.8. The number of hydrogen-bond donors (Lipinski definition) is 1. The lowest BCUT2D eigenvalue weighted by molar-refractivity contribution is 0.0942. The number of nitrogens with one attached hydrogen (secondary N) is 1. The molecule has 4 aromatic rings. The molecule has 0 aliphatic heterocycles. The van der Waals surface area contributed by atoms with Crippen LogP contribution in [0, 0.1) is 0 Å². The first kappa shape index (κ1) is 20.2. The predicted octanol–water partition coefficient (Wildman–Crippen LogP) is 4.19. The fourth-order valence-electron chi connectivity index (χ4n) is 4.13. The second-order valence-corrected chi connectivity index (χ2v) is 7.75. The minimum atomic E-state index is -0.0595. The lowest BCUT2D eigenvalue weighted by Crippen LogP contribution is -2.28. The Morgan fingerprint density at radius 2 is 1.90 bits per heavy atom. The van der Waals surface area contributed by atoms with Crippen molar-refractivity contribution >= 4 is 27.8 Å². The average molecular weight is 405 g/mol. The summed E-state index contributed by atoms with van der Waals surface area (Å²) >= 11 is 0. The Labute approximate surface area is 176 Å². The summed E-state index contributed by atoms with van der Waals surface area (Å²) < 4.78 is 9.75. The Hall–Kier alpha value is -3.12. The van der Waals surface area contributed by atoms with Crippen LogP contribution in [0.4, 0.5) is 0 Å². The molecule has 1 amide bonds. The molecule has 0 saturated carbocycles. The van der Waals surface area contributed by atoms with Crippen LogP contribution in [0.5, 0.6) is 0 Å². The van der Waals surface area contributed by atoms with Crippen LogP contribution in [0.1, 0.15) is 35.9 Å². The van der Waals surface area contributed by atoms with Crippen LogP contribution in [-0.4, -0.2) is 40.3 Å². The fourth-order valence-corrected chi connectivity index (χ4v) is 4.13. The Morgan fingerprint density at radius 1 is 1.13 bits per heavy atom. The van der Waals surface area contributed by atoms with E-state index in [9.17, 15) is 4.79 Å². The first-order valence-electron chi connectivity index (χ1n) is 10.4. The summed E-state index contributed by atoms with van der Waals surface area (Å²) in [4.78, 5) is 17.1. The third kappa shape index (κ3) is 3.71. The molecule has 0 bridgehead atoms. The summed E-state index contributed by atoms with van der Waals surface area (Å²) in [6, 6.07) is 14.6. The number of pyridine rings is 1. The Bertz CT molecular complexity index is 1160. The number of amides is 1.